The number of aliphatic carboxylic acids is 1. The van der Waals surface area contributed by atoms with Gasteiger partial charge in [0.2, 0.25) is 0 Å². The number of Topliss-reactive ketones (excluding diaryl/α,β-unsaturated/α-hetero) is 1. The first-order chi connectivity index (χ1) is 5.10. The highest BCUT2D eigenvalue weighted by Crippen LogP contribution is 2.22. The molecule has 0 spiro atoms. The minimum atomic E-state index is -5.22. The molecule has 0 saturated carbocycles. The van der Waals surface area contributed by atoms with Crippen LogP contribution < -0.4 is 5.73 Å². The lowest BCUT2D eigenvalue weighted by atomic mass is 9.98. The molecule has 0 saturated heterocycles. The molecule has 0 radical (unpaired) electrons. The Bertz CT molecular complexity index is 220. The van der Waals surface area contributed by atoms with Crippen LogP contribution in [0.4, 0.5) is 13.2 Å². The van der Waals surface area contributed by atoms with Crippen LogP contribution in [-0.4, -0.2) is 28.6 Å². The highest BCUT2D eigenvalue weighted by Gasteiger charge is 2.52. The van der Waals surface area contributed by atoms with Gasteiger partial charge >= 0.3 is 12.1 Å². The Morgan fingerprint density at radius 1 is 1.33 bits per heavy atom. The first kappa shape index (κ1) is 10.9. The van der Waals surface area contributed by atoms with E-state index < -0.39 is 23.5 Å². The molecule has 3 N–H and O–H groups in total. The third-order valence-electron chi connectivity index (χ3n) is 1.17. The van der Waals surface area contributed by atoms with Gasteiger partial charge in [-0.1, -0.05) is 0 Å². The fourth-order valence-corrected chi connectivity index (χ4v) is 0.392. The largest absolute Gasteiger partial charge is 0.480 e. The molecule has 0 aliphatic carbocycles. The third-order valence-corrected chi connectivity index (χ3v) is 1.17. The first-order valence-corrected chi connectivity index (χ1v) is 2.74. The number of alkyl halides is 3. The minimum Gasteiger partial charge on any atom is -0.480 e. The number of carbonyl (C=O) groups is 2. The smallest absolute Gasteiger partial charge is 0.452 e. The summed E-state index contributed by atoms with van der Waals surface area (Å²) in [6, 6.07) is 0. The number of carboxylic acid groups (broad SMARTS) is 1. The molecule has 0 rings (SSSR count). The number of hydrogen-bond acceptors (Lipinski definition) is 3. The van der Waals surface area contributed by atoms with Gasteiger partial charge in [0.1, 0.15) is 0 Å². The maximum Gasteiger partial charge on any atom is 0.452 e. The second-order valence-electron chi connectivity index (χ2n) is 2.33. The molecule has 0 fully saturated rings. The van der Waals surface area contributed by atoms with Crippen LogP contribution >= 0.6 is 0 Å². The van der Waals surface area contributed by atoms with Crippen LogP contribution in [0.2, 0.25) is 0 Å². The summed E-state index contributed by atoms with van der Waals surface area (Å²) >= 11 is 0. The van der Waals surface area contributed by atoms with E-state index in [0.29, 0.717) is 6.92 Å². The Kier molecular flexibility index (Phi) is 2.49. The van der Waals surface area contributed by atoms with Crippen molar-refractivity contribution in [3.05, 3.63) is 0 Å². The van der Waals surface area contributed by atoms with Crippen LogP contribution in [0.25, 0.3) is 0 Å². The zero-order valence-electron chi connectivity index (χ0n) is 5.97. The van der Waals surface area contributed by atoms with Crippen molar-refractivity contribution in [1.29, 1.82) is 0 Å². The van der Waals surface area contributed by atoms with Crippen molar-refractivity contribution in [2.45, 2.75) is 18.6 Å². The Hall–Kier alpha value is -1.11. The number of carboxylic acids is 1. The summed E-state index contributed by atoms with van der Waals surface area (Å²) < 4.78 is 34.8. The van der Waals surface area contributed by atoms with Crippen LogP contribution in [-0.2, 0) is 9.59 Å². The van der Waals surface area contributed by atoms with Crippen LogP contribution in [0.5, 0.6) is 0 Å². The van der Waals surface area contributed by atoms with Crippen molar-refractivity contribution in [2.24, 2.45) is 5.73 Å². The van der Waals surface area contributed by atoms with Gasteiger partial charge in [-0.15, -0.1) is 0 Å². The minimum absolute atomic E-state index is 0.491. The highest BCUT2D eigenvalue weighted by molar-refractivity contribution is 6.09. The number of ketones is 1. The van der Waals surface area contributed by atoms with Crippen molar-refractivity contribution in [3.63, 3.8) is 0 Å². The maximum atomic E-state index is 11.6. The van der Waals surface area contributed by atoms with E-state index in [0.717, 1.165) is 0 Å². The fourth-order valence-electron chi connectivity index (χ4n) is 0.392. The molecule has 70 valence electrons. The number of carbonyl (C=O) groups excluding carboxylic acids is 1. The predicted molar refractivity (Wildman–Crippen MR) is 31.3 cm³/mol. The molecule has 0 aromatic heterocycles. The standard InChI is InChI=1S/C5H6F3NO3/c1-4(9,3(11)12)2(10)5(6,7)8/h9H2,1H3,(H,11,12). The molecule has 0 bridgehead atoms. The van der Waals surface area contributed by atoms with Crippen molar-refractivity contribution in [1.82, 2.24) is 0 Å². The van der Waals surface area contributed by atoms with Crippen molar-refractivity contribution in [2.75, 3.05) is 0 Å². The summed E-state index contributed by atoms with van der Waals surface area (Å²) in [5, 5.41) is 8.13. The van der Waals surface area contributed by atoms with E-state index in [2.05, 4.69) is 5.73 Å². The van der Waals surface area contributed by atoms with Crippen LogP contribution in [0, 0.1) is 0 Å². The van der Waals surface area contributed by atoms with Crippen LogP contribution in [0.1, 0.15) is 6.92 Å². The van der Waals surface area contributed by atoms with Crippen molar-refractivity contribution in [3.8, 4) is 0 Å². The zero-order chi connectivity index (χ0) is 10.2. The Balaban J connectivity index is 4.83. The SMILES string of the molecule is CC(N)(C(=O)O)C(=O)C(F)(F)F. The second kappa shape index (κ2) is 2.74. The second-order valence-corrected chi connectivity index (χ2v) is 2.33. The molecule has 7 heteroatoms. The Morgan fingerprint density at radius 2 is 1.67 bits per heavy atom. The summed E-state index contributed by atoms with van der Waals surface area (Å²) in [7, 11) is 0. The fraction of sp³-hybridized carbons (Fsp3) is 0.600. The molecule has 4 nitrogen and oxygen atoms in total. The topological polar surface area (TPSA) is 80.4 Å². The molecule has 0 aromatic carbocycles. The molecule has 0 aliphatic rings. The molecule has 12 heavy (non-hydrogen) atoms. The quantitative estimate of drug-likeness (QED) is 0.589. The molecule has 0 aromatic rings. The Labute approximate surface area is 65.2 Å². The first-order valence-electron chi connectivity index (χ1n) is 2.74. The molecule has 0 aliphatic heterocycles. The van der Waals surface area contributed by atoms with E-state index in [-0.39, 0.29) is 0 Å². The zero-order valence-corrected chi connectivity index (χ0v) is 5.97. The highest BCUT2D eigenvalue weighted by atomic mass is 19.4. The van der Waals surface area contributed by atoms with Crippen LogP contribution in [0.3, 0.4) is 0 Å². The van der Waals surface area contributed by atoms with Gasteiger partial charge in [0, 0.05) is 0 Å². The number of rotatable bonds is 2. The lowest BCUT2D eigenvalue weighted by Gasteiger charge is -2.18. The summed E-state index contributed by atoms with van der Waals surface area (Å²) in [5.41, 5.74) is 1.72. The molecule has 1 unspecified atom stereocenters. The third kappa shape index (κ3) is 1.94. The van der Waals surface area contributed by atoms with Gasteiger partial charge in [0.25, 0.3) is 5.78 Å². The van der Waals surface area contributed by atoms with Gasteiger partial charge in [-0.3, -0.25) is 4.79 Å². The normalized spacial score (nSPS) is 16.8. The van der Waals surface area contributed by atoms with Gasteiger partial charge in [-0.05, 0) is 6.92 Å². The van der Waals surface area contributed by atoms with Gasteiger partial charge in [-0.2, -0.15) is 13.2 Å². The summed E-state index contributed by atoms with van der Waals surface area (Å²) in [5.74, 6) is -4.48. The molecule has 0 amide bonds. The van der Waals surface area contributed by atoms with E-state index in [1.54, 1.807) is 0 Å². The van der Waals surface area contributed by atoms with Crippen molar-refractivity contribution < 1.29 is 27.9 Å². The number of halogens is 3. The van der Waals surface area contributed by atoms with Gasteiger partial charge in [0.05, 0.1) is 0 Å². The summed E-state index contributed by atoms with van der Waals surface area (Å²) in [6.45, 7) is 0.491. The van der Waals surface area contributed by atoms with Crippen molar-refractivity contribution >= 4 is 11.8 Å². The average molecular weight is 185 g/mol. The molecular weight excluding hydrogens is 179 g/mol. The average Bonchev–Trinajstić information content (AvgIpc) is 1.83. The van der Waals surface area contributed by atoms with E-state index >= 15 is 0 Å². The van der Waals surface area contributed by atoms with Gasteiger partial charge in [0.15, 0.2) is 5.54 Å². The van der Waals surface area contributed by atoms with E-state index in [1.165, 1.54) is 0 Å². The van der Waals surface area contributed by atoms with E-state index in [1.807, 2.05) is 0 Å². The summed E-state index contributed by atoms with van der Waals surface area (Å²) in [6.07, 6.45) is -5.22. The molecular formula is C5H6F3NO3. The van der Waals surface area contributed by atoms with E-state index in [4.69, 9.17) is 5.11 Å². The lowest BCUT2D eigenvalue weighted by Crippen LogP contribution is -2.57. The maximum absolute atomic E-state index is 11.6. The monoisotopic (exact) mass is 185 g/mol. The Morgan fingerprint density at radius 3 is 1.75 bits per heavy atom. The lowest BCUT2D eigenvalue weighted by molar-refractivity contribution is -0.180. The van der Waals surface area contributed by atoms with Crippen LogP contribution in [0.15, 0.2) is 0 Å². The summed E-state index contributed by atoms with van der Waals surface area (Å²) in [4.78, 5) is 20.4. The van der Waals surface area contributed by atoms with Gasteiger partial charge in [-0.25, -0.2) is 4.79 Å². The van der Waals surface area contributed by atoms with Gasteiger partial charge < -0.3 is 10.8 Å². The molecule has 0 heterocycles. The molecule has 1 atom stereocenters. The van der Waals surface area contributed by atoms with E-state index in [9.17, 15) is 22.8 Å². The number of nitrogens with two attached hydrogens (primary N) is 1. The number of hydrogen-bond donors (Lipinski definition) is 2. The predicted octanol–water partition coefficient (Wildman–Crippen LogP) is -0.0802.